The van der Waals surface area contributed by atoms with Crippen LogP contribution in [0.15, 0.2) is 3.92 Å². The summed E-state index contributed by atoms with van der Waals surface area (Å²) in [6.07, 6.45) is 8.53. The van der Waals surface area contributed by atoms with Gasteiger partial charge in [0.05, 0.1) is 0 Å². The second kappa shape index (κ2) is 3.67. The van der Waals surface area contributed by atoms with Crippen LogP contribution in [0.5, 0.6) is 0 Å². The predicted molar refractivity (Wildman–Crippen MR) is 72.1 cm³/mol. The molecule has 1 N–H and O–H groups in total. The average molecular weight is 314 g/mol. The lowest BCUT2D eigenvalue weighted by molar-refractivity contribution is 0.0107. The summed E-state index contributed by atoms with van der Waals surface area (Å²) < 4.78 is 0.879. The first-order valence-electron chi connectivity index (χ1n) is 6.48. The number of rotatable bonds is 2. The van der Waals surface area contributed by atoms with Gasteiger partial charge in [-0.1, -0.05) is 11.3 Å². The Bertz CT molecular complexity index is 409. The molecule has 0 amide bonds. The standard InChI is InChI=1S/C12H16BrN3S/c13-10-15-16-11(17-10)14-12-4-7-1-8(5-12)3-9(2-7)6-12/h7-9H,1-6H2,(H,14,16). The van der Waals surface area contributed by atoms with E-state index in [9.17, 15) is 0 Å². The van der Waals surface area contributed by atoms with Gasteiger partial charge in [0, 0.05) is 5.54 Å². The Balaban J connectivity index is 1.60. The highest BCUT2D eigenvalue weighted by Gasteiger charge is 2.51. The number of hydrogen-bond donors (Lipinski definition) is 1. The number of nitrogens with one attached hydrogen (secondary N) is 1. The van der Waals surface area contributed by atoms with E-state index in [0.29, 0.717) is 5.54 Å². The number of nitrogens with zero attached hydrogens (tertiary/aromatic N) is 2. The van der Waals surface area contributed by atoms with E-state index in [1.165, 1.54) is 38.5 Å². The Labute approximate surface area is 114 Å². The topological polar surface area (TPSA) is 37.8 Å². The van der Waals surface area contributed by atoms with E-state index >= 15 is 0 Å². The summed E-state index contributed by atoms with van der Waals surface area (Å²) in [5, 5.41) is 13.0. The quantitative estimate of drug-likeness (QED) is 0.905. The van der Waals surface area contributed by atoms with Gasteiger partial charge >= 0.3 is 0 Å². The number of hydrogen-bond acceptors (Lipinski definition) is 4. The highest BCUT2D eigenvalue weighted by atomic mass is 79.9. The minimum atomic E-state index is 0.355. The molecule has 1 aromatic heterocycles. The van der Waals surface area contributed by atoms with E-state index in [2.05, 4.69) is 31.4 Å². The molecule has 0 unspecified atom stereocenters. The number of anilines is 1. The molecule has 4 bridgehead atoms. The highest BCUT2D eigenvalue weighted by Crippen LogP contribution is 2.56. The smallest absolute Gasteiger partial charge is 0.206 e. The molecule has 92 valence electrons. The van der Waals surface area contributed by atoms with Gasteiger partial charge in [0.25, 0.3) is 0 Å². The van der Waals surface area contributed by atoms with E-state index in [4.69, 9.17) is 0 Å². The van der Waals surface area contributed by atoms with Crippen molar-refractivity contribution >= 4 is 32.4 Å². The maximum Gasteiger partial charge on any atom is 0.206 e. The van der Waals surface area contributed by atoms with Crippen molar-refractivity contribution in [1.82, 2.24) is 10.2 Å². The lowest BCUT2D eigenvalue weighted by Gasteiger charge is -2.56. The van der Waals surface area contributed by atoms with Crippen LogP contribution in [0.4, 0.5) is 5.13 Å². The lowest BCUT2D eigenvalue weighted by atomic mass is 9.53. The third kappa shape index (κ3) is 1.82. The fourth-order valence-corrected chi connectivity index (χ4v) is 5.88. The summed E-state index contributed by atoms with van der Waals surface area (Å²) in [6.45, 7) is 0. The molecule has 17 heavy (non-hydrogen) atoms. The summed E-state index contributed by atoms with van der Waals surface area (Å²) in [5.41, 5.74) is 0.355. The van der Waals surface area contributed by atoms with Crippen LogP contribution in [0.2, 0.25) is 0 Å². The van der Waals surface area contributed by atoms with Crippen molar-refractivity contribution in [2.75, 3.05) is 5.32 Å². The molecule has 4 saturated carbocycles. The molecule has 0 spiro atoms. The maximum absolute atomic E-state index is 4.20. The molecule has 0 radical (unpaired) electrons. The second-order valence-electron chi connectivity index (χ2n) is 6.18. The molecule has 0 aliphatic heterocycles. The lowest BCUT2D eigenvalue weighted by Crippen LogP contribution is -2.54. The molecule has 4 aliphatic rings. The Morgan fingerprint density at radius 2 is 1.65 bits per heavy atom. The van der Waals surface area contributed by atoms with Gasteiger partial charge in [-0.2, -0.15) is 0 Å². The van der Waals surface area contributed by atoms with Gasteiger partial charge in [-0.15, -0.1) is 10.2 Å². The van der Waals surface area contributed by atoms with Crippen LogP contribution < -0.4 is 5.32 Å². The largest absolute Gasteiger partial charge is 0.355 e. The Hall–Kier alpha value is -0.160. The van der Waals surface area contributed by atoms with Crippen LogP contribution in [0.25, 0.3) is 0 Å². The van der Waals surface area contributed by atoms with E-state index in [0.717, 1.165) is 26.8 Å². The summed E-state index contributed by atoms with van der Waals surface area (Å²) in [4.78, 5) is 0. The predicted octanol–water partition coefficient (Wildman–Crippen LogP) is 3.68. The molecule has 3 nitrogen and oxygen atoms in total. The van der Waals surface area contributed by atoms with Crippen molar-refractivity contribution in [1.29, 1.82) is 0 Å². The molecule has 0 atom stereocenters. The van der Waals surface area contributed by atoms with Crippen molar-refractivity contribution in [3.63, 3.8) is 0 Å². The minimum Gasteiger partial charge on any atom is -0.355 e. The van der Waals surface area contributed by atoms with Crippen molar-refractivity contribution < 1.29 is 0 Å². The van der Waals surface area contributed by atoms with Crippen molar-refractivity contribution in [3.05, 3.63) is 3.92 Å². The SMILES string of the molecule is Brc1nnc(NC23CC4CC(CC(C4)C2)C3)s1. The third-order valence-electron chi connectivity index (χ3n) is 4.81. The molecule has 4 fully saturated rings. The molecule has 4 aliphatic carbocycles. The normalized spacial score (nSPS) is 43.0. The van der Waals surface area contributed by atoms with Crippen molar-refractivity contribution in [2.45, 2.75) is 44.1 Å². The Kier molecular flexibility index (Phi) is 2.32. The zero-order valence-corrected chi connectivity index (χ0v) is 12.1. The van der Waals surface area contributed by atoms with Gasteiger partial charge in [0.15, 0.2) is 3.92 Å². The summed E-state index contributed by atoms with van der Waals surface area (Å²) in [7, 11) is 0. The number of halogens is 1. The Morgan fingerprint density at radius 3 is 2.12 bits per heavy atom. The van der Waals surface area contributed by atoms with Crippen LogP contribution in [-0.4, -0.2) is 15.7 Å². The van der Waals surface area contributed by atoms with E-state index in [-0.39, 0.29) is 0 Å². The average Bonchev–Trinajstić information content (AvgIpc) is 2.60. The molecule has 5 heteroatoms. The van der Waals surface area contributed by atoms with E-state index < -0.39 is 0 Å². The monoisotopic (exact) mass is 313 g/mol. The Morgan fingerprint density at radius 1 is 1.06 bits per heavy atom. The molecule has 0 saturated heterocycles. The van der Waals surface area contributed by atoms with Gasteiger partial charge in [0.1, 0.15) is 0 Å². The first kappa shape index (κ1) is 10.7. The molecule has 1 aromatic rings. The van der Waals surface area contributed by atoms with Crippen molar-refractivity contribution in [2.24, 2.45) is 17.8 Å². The van der Waals surface area contributed by atoms with E-state index in [1.807, 2.05) is 0 Å². The van der Waals surface area contributed by atoms with Crippen LogP contribution in [0.3, 0.4) is 0 Å². The fourth-order valence-electron chi connectivity index (χ4n) is 4.75. The first-order valence-corrected chi connectivity index (χ1v) is 8.09. The van der Waals surface area contributed by atoms with Gasteiger partial charge < -0.3 is 5.32 Å². The molecule has 1 heterocycles. The third-order valence-corrected chi connectivity index (χ3v) is 6.08. The van der Waals surface area contributed by atoms with Crippen LogP contribution >= 0.6 is 27.3 Å². The zero-order chi connectivity index (χ0) is 11.5. The maximum atomic E-state index is 4.20. The zero-order valence-electron chi connectivity index (χ0n) is 9.66. The molecule has 5 rings (SSSR count). The molecular formula is C12H16BrN3S. The van der Waals surface area contributed by atoms with Crippen LogP contribution in [0, 0.1) is 17.8 Å². The number of aromatic nitrogens is 2. The van der Waals surface area contributed by atoms with Gasteiger partial charge in [-0.05, 0) is 72.2 Å². The summed E-state index contributed by atoms with van der Waals surface area (Å²) in [5.74, 6) is 2.93. The fraction of sp³-hybridized carbons (Fsp3) is 0.833. The molecule has 0 aromatic carbocycles. The van der Waals surface area contributed by atoms with Crippen LogP contribution in [0.1, 0.15) is 38.5 Å². The van der Waals surface area contributed by atoms with E-state index in [1.54, 1.807) is 11.3 Å². The summed E-state index contributed by atoms with van der Waals surface area (Å²) in [6, 6.07) is 0. The van der Waals surface area contributed by atoms with Gasteiger partial charge in [-0.3, -0.25) is 0 Å². The van der Waals surface area contributed by atoms with Gasteiger partial charge in [-0.25, -0.2) is 0 Å². The van der Waals surface area contributed by atoms with Crippen LogP contribution in [-0.2, 0) is 0 Å². The second-order valence-corrected chi connectivity index (χ2v) is 8.44. The van der Waals surface area contributed by atoms with Crippen molar-refractivity contribution in [3.8, 4) is 0 Å². The minimum absolute atomic E-state index is 0.355. The highest BCUT2D eigenvalue weighted by molar-refractivity contribution is 9.11. The first-order chi connectivity index (χ1) is 8.21. The van der Waals surface area contributed by atoms with Gasteiger partial charge in [0.2, 0.25) is 5.13 Å². The summed E-state index contributed by atoms with van der Waals surface area (Å²) >= 11 is 5.01. The molecular weight excluding hydrogens is 298 g/mol.